The van der Waals surface area contributed by atoms with Crippen molar-refractivity contribution >= 4 is 15.8 Å². The third kappa shape index (κ3) is 5.47. The highest BCUT2D eigenvalue weighted by Crippen LogP contribution is 2.17. The summed E-state index contributed by atoms with van der Waals surface area (Å²) in [7, 11) is -3.67. The fourth-order valence-electron chi connectivity index (χ4n) is 2.84. The lowest BCUT2D eigenvalue weighted by atomic mass is 9.96. The molecule has 0 saturated heterocycles. The first-order valence-corrected chi connectivity index (χ1v) is 10.2. The van der Waals surface area contributed by atoms with Crippen LogP contribution in [0.4, 0.5) is 4.39 Å². The molecule has 1 fully saturated rings. The zero-order valence-corrected chi connectivity index (χ0v) is 14.9. The van der Waals surface area contributed by atoms with Gasteiger partial charge >= 0.3 is 0 Å². The molecular formula is C17H26FN3O2S. The molecule has 0 heterocycles. The Kier molecular flexibility index (Phi) is 7.02. The molecule has 0 atom stereocenters. The Morgan fingerprint density at radius 1 is 1.25 bits per heavy atom. The van der Waals surface area contributed by atoms with Crippen LogP contribution in [0.15, 0.2) is 34.2 Å². The van der Waals surface area contributed by atoms with E-state index in [9.17, 15) is 12.8 Å². The molecular weight excluding hydrogens is 329 g/mol. The number of rotatable bonds is 6. The summed E-state index contributed by atoms with van der Waals surface area (Å²) in [6.07, 6.45) is 5.90. The molecule has 24 heavy (non-hydrogen) atoms. The zero-order valence-electron chi connectivity index (χ0n) is 14.1. The molecule has 1 saturated carbocycles. The number of guanidine groups is 1. The number of benzene rings is 1. The smallest absolute Gasteiger partial charge is 0.191 e. The summed E-state index contributed by atoms with van der Waals surface area (Å²) in [6, 6.07) is 5.84. The van der Waals surface area contributed by atoms with Crippen molar-refractivity contribution in [2.45, 2.75) is 50.0 Å². The molecule has 5 nitrogen and oxygen atoms in total. The Labute approximate surface area is 143 Å². The highest BCUT2D eigenvalue weighted by atomic mass is 32.2. The normalized spacial score (nSPS) is 16.8. The van der Waals surface area contributed by atoms with Gasteiger partial charge in [0.15, 0.2) is 15.8 Å². The van der Waals surface area contributed by atoms with Crippen molar-refractivity contribution in [3.05, 3.63) is 30.1 Å². The minimum absolute atomic E-state index is 0.0960. The van der Waals surface area contributed by atoms with Crippen molar-refractivity contribution < 1.29 is 12.8 Å². The topological polar surface area (TPSA) is 70.6 Å². The summed E-state index contributed by atoms with van der Waals surface area (Å²) in [5.41, 5.74) is 0. The number of nitrogens with zero attached hydrogens (tertiary/aromatic N) is 1. The van der Waals surface area contributed by atoms with Crippen LogP contribution in [0.1, 0.15) is 39.0 Å². The van der Waals surface area contributed by atoms with Gasteiger partial charge < -0.3 is 10.6 Å². The van der Waals surface area contributed by atoms with Crippen molar-refractivity contribution in [1.82, 2.24) is 10.6 Å². The first-order chi connectivity index (χ1) is 11.5. The first kappa shape index (κ1) is 18.7. The summed E-state index contributed by atoms with van der Waals surface area (Å²) < 4.78 is 38.1. The summed E-state index contributed by atoms with van der Waals surface area (Å²) in [4.78, 5) is 4.08. The van der Waals surface area contributed by atoms with Crippen LogP contribution >= 0.6 is 0 Å². The monoisotopic (exact) mass is 355 g/mol. The molecule has 0 amide bonds. The summed E-state index contributed by atoms with van der Waals surface area (Å²) in [5.74, 6) is -0.295. The van der Waals surface area contributed by atoms with Gasteiger partial charge in [-0.3, -0.25) is 4.99 Å². The predicted molar refractivity (Wildman–Crippen MR) is 94.4 cm³/mol. The van der Waals surface area contributed by atoms with Gasteiger partial charge in [0.25, 0.3) is 0 Å². The van der Waals surface area contributed by atoms with E-state index >= 15 is 0 Å². The van der Waals surface area contributed by atoms with Crippen molar-refractivity contribution in [3.8, 4) is 0 Å². The maximum atomic E-state index is 13.7. The zero-order chi connectivity index (χ0) is 17.4. The van der Waals surface area contributed by atoms with Gasteiger partial charge in [-0.25, -0.2) is 12.8 Å². The van der Waals surface area contributed by atoms with Crippen molar-refractivity contribution in [1.29, 1.82) is 0 Å². The Balaban J connectivity index is 1.97. The van der Waals surface area contributed by atoms with Crippen molar-refractivity contribution in [2.75, 3.05) is 18.8 Å². The van der Waals surface area contributed by atoms with Gasteiger partial charge in [-0.15, -0.1) is 0 Å². The summed E-state index contributed by atoms with van der Waals surface area (Å²) >= 11 is 0. The molecule has 0 spiro atoms. The minimum Gasteiger partial charge on any atom is -0.357 e. The van der Waals surface area contributed by atoms with E-state index in [1.165, 1.54) is 37.5 Å². The second kappa shape index (κ2) is 9.01. The summed E-state index contributed by atoms with van der Waals surface area (Å²) in [5, 5.41) is 6.50. The SMILES string of the molecule is CCNC(=NCCS(=O)(=O)c1ccccc1F)NC1CCCCC1. The number of sulfone groups is 1. The van der Waals surface area contributed by atoms with Crippen LogP contribution in [0.5, 0.6) is 0 Å². The third-order valence-electron chi connectivity index (χ3n) is 4.09. The molecule has 7 heteroatoms. The van der Waals surface area contributed by atoms with Crippen LogP contribution in [0.2, 0.25) is 0 Å². The molecule has 1 aromatic rings. The average molecular weight is 355 g/mol. The molecule has 0 unspecified atom stereocenters. The largest absolute Gasteiger partial charge is 0.357 e. The second-order valence-corrected chi connectivity index (χ2v) is 8.07. The van der Waals surface area contributed by atoms with E-state index in [0.717, 1.165) is 18.9 Å². The standard InChI is InChI=1S/C17H26FN3O2S/c1-2-19-17(21-14-8-4-3-5-9-14)20-12-13-24(22,23)16-11-7-6-10-15(16)18/h6-7,10-11,14H,2-5,8-9,12-13H2,1H3,(H2,19,20,21). The van der Waals surface area contributed by atoms with E-state index in [2.05, 4.69) is 15.6 Å². The van der Waals surface area contributed by atoms with Gasteiger partial charge in [0, 0.05) is 12.6 Å². The van der Waals surface area contributed by atoms with Crippen LogP contribution in [0.3, 0.4) is 0 Å². The van der Waals surface area contributed by atoms with Crippen LogP contribution in [0.25, 0.3) is 0 Å². The van der Waals surface area contributed by atoms with Crippen LogP contribution in [-0.4, -0.2) is 39.3 Å². The van der Waals surface area contributed by atoms with Gasteiger partial charge in [0.05, 0.1) is 12.3 Å². The highest BCUT2D eigenvalue weighted by molar-refractivity contribution is 7.91. The fourth-order valence-corrected chi connectivity index (χ4v) is 4.05. The Bertz CT molecular complexity index is 656. The predicted octanol–water partition coefficient (Wildman–Crippen LogP) is 2.49. The second-order valence-electron chi connectivity index (χ2n) is 5.99. The molecule has 0 bridgehead atoms. The first-order valence-electron chi connectivity index (χ1n) is 8.55. The van der Waals surface area contributed by atoms with Gasteiger partial charge in [-0.1, -0.05) is 31.4 Å². The molecule has 2 N–H and O–H groups in total. The highest BCUT2D eigenvalue weighted by Gasteiger charge is 2.19. The van der Waals surface area contributed by atoms with Gasteiger partial charge in [0.2, 0.25) is 0 Å². The molecule has 1 aromatic carbocycles. The van der Waals surface area contributed by atoms with Crippen LogP contribution in [0, 0.1) is 5.82 Å². The molecule has 2 rings (SSSR count). The number of nitrogens with one attached hydrogen (secondary N) is 2. The van der Waals surface area contributed by atoms with E-state index in [1.54, 1.807) is 0 Å². The number of hydrogen-bond donors (Lipinski definition) is 2. The van der Waals surface area contributed by atoms with Gasteiger partial charge in [-0.2, -0.15) is 0 Å². The Hall–Kier alpha value is -1.63. The lowest BCUT2D eigenvalue weighted by molar-refractivity contribution is 0.410. The number of halogens is 1. The van der Waals surface area contributed by atoms with E-state index < -0.39 is 15.7 Å². The molecule has 134 valence electrons. The van der Waals surface area contributed by atoms with Gasteiger partial charge in [0.1, 0.15) is 10.7 Å². The van der Waals surface area contributed by atoms with E-state index in [0.29, 0.717) is 18.5 Å². The fraction of sp³-hybridized carbons (Fsp3) is 0.588. The lowest BCUT2D eigenvalue weighted by Gasteiger charge is -2.24. The van der Waals surface area contributed by atoms with E-state index in [1.807, 2.05) is 6.92 Å². The van der Waals surface area contributed by atoms with Crippen molar-refractivity contribution in [3.63, 3.8) is 0 Å². The maximum absolute atomic E-state index is 13.7. The molecule has 1 aliphatic carbocycles. The van der Waals surface area contributed by atoms with E-state index in [-0.39, 0.29) is 17.2 Å². The lowest BCUT2D eigenvalue weighted by Crippen LogP contribution is -2.44. The van der Waals surface area contributed by atoms with Crippen LogP contribution < -0.4 is 10.6 Å². The molecule has 0 aromatic heterocycles. The Morgan fingerprint density at radius 2 is 1.96 bits per heavy atom. The Morgan fingerprint density at radius 3 is 2.62 bits per heavy atom. The average Bonchev–Trinajstić information content (AvgIpc) is 2.56. The molecule has 0 radical (unpaired) electrons. The number of aliphatic imine (C=N–C) groups is 1. The minimum atomic E-state index is -3.67. The molecule has 0 aliphatic heterocycles. The van der Waals surface area contributed by atoms with Crippen molar-refractivity contribution in [2.24, 2.45) is 4.99 Å². The summed E-state index contributed by atoms with van der Waals surface area (Å²) in [6.45, 7) is 2.77. The third-order valence-corrected chi connectivity index (χ3v) is 5.81. The quantitative estimate of drug-likeness (QED) is 0.608. The van der Waals surface area contributed by atoms with Crippen LogP contribution in [-0.2, 0) is 9.84 Å². The number of hydrogen-bond acceptors (Lipinski definition) is 3. The maximum Gasteiger partial charge on any atom is 0.191 e. The molecule has 1 aliphatic rings. The van der Waals surface area contributed by atoms with Gasteiger partial charge in [-0.05, 0) is 31.9 Å². The van der Waals surface area contributed by atoms with E-state index in [4.69, 9.17) is 0 Å².